The summed E-state index contributed by atoms with van der Waals surface area (Å²) in [4.78, 5) is 52.4. The number of anilines is 1. The minimum Gasteiger partial charge on any atom is -0.366 e. The van der Waals surface area contributed by atoms with Gasteiger partial charge in [-0.05, 0) is 69.0 Å². The maximum Gasteiger partial charge on any atom is 0.331 e. The molecule has 2 N–H and O–H groups in total. The Morgan fingerprint density at radius 2 is 1.95 bits per heavy atom. The van der Waals surface area contributed by atoms with Crippen LogP contribution < -0.4 is 22.0 Å². The van der Waals surface area contributed by atoms with Gasteiger partial charge in [-0.25, -0.2) is 9.80 Å². The summed E-state index contributed by atoms with van der Waals surface area (Å²) < 4.78 is 8.48. The molecule has 1 aliphatic carbocycles. The number of ether oxygens (including phenoxy) is 1. The normalized spacial score (nSPS) is 17.5. The van der Waals surface area contributed by atoms with Crippen LogP contribution in [0, 0.1) is 17.2 Å². The second kappa shape index (κ2) is 11.3. The molecule has 1 saturated heterocycles. The van der Waals surface area contributed by atoms with Crippen molar-refractivity contribution in [3.63, 3.8) is 0 Å². The minimum atomic E-state index is -0.866. The van der Waals surface area contributed by atoms with Crippen molar-refractivity contribution in [1.82, 2.24) is 19.6 Å². The number of hydrogen-bond acceptors (Lipinski definition) is 7. The number of halogens is 1. The molecular formula is C28H29ClN6O5. The topological polar surface area (TPSA) is 138 Å². The molecule has 0 bridgehead atoms. The van der Waals surface area contributed by atoms with Crippen molar-refractivity contribution < 1.29 is 14.3 Å². The van der Waals surface area contributed by atoms with Crippen LogP contribution in [0.2, 0.25) is 5.02 Å². The Labute approximate surface area is 234 Å². The van der Waals surface area contributed by atoms with Crippen molar-refractivity contribution in [3.8, 4) is 6.07 Å². The Bertz CT molecular complexity index is 1650. The Hall–Kier alpha value is -3.98. The lowest BCUT2D eigenvalue weighted by Crippen LogP contribution is -2.54. The molecule has 1 aromatic heterocycles. The molecule has 2 amide bonds. The van der Waals surface area contributed by atoms with Crippen molar-refractivity contribution in [2.75, 3.05) is 25.0 Å². The number of nitrogens with zero attached hydrogens (tertiary/aromatic N) is 4. The molecular weight excluding hydrogens is 536 g/mol. The molecule has 208 valence electrons. The van der Waals surface area contributed by atoms with E-state index in [4.69, 9.17) is 21.6 Å². The summed E-state index contributed by atoms with van der Waals surface area (Å²) in [6.07, 6.45) is 1.12. The van der Waals surface area contributed by atoms with Gasteiger partial charge in [0.15, 0.2) is 6.10 Å². The van der Waals surface area contributed by atoms with Crippen LogP contribution in [0.5, 0.6) is 0 Å². The van der Waals surface area contributed by atoms with Gasteiger partial charge in [-0.2, -0.15) is 5.26 Å². The van der Waals surface area contributed by atoms with Gasteiger partial charge in [-0.1, -0.05) is 11.6 Å². The Morgan fingerprint density at radius 3 is 2.62 bits per heavy atom. The summed E-state index contributed by atoms with van der Waals surface area (Å²) in [6.45, 7) is 4.80. The van der Waals surface area contributed by atoms with Gasteiger partial charge >= 0.3 is 5.69 Å². The molecule has 0 spiro atoms. The number of nitrogens with one attached hydrogen (secondary N) is 2. The van der Waals surface area contributed by atoms with Gasteiger partial charge in [-0.3, -0.25) is 28.9 Å². The molecule has 0 unspecified atom stereocenters. The van der Waals surface area contributed by atoms with Gasteiger partial charge in [0.25, 0.3) is 17.4 Å². The smallest absolute Gasteiger partial charge is 0.331 e. The number of hydrogen-bond donors (Lipinski definition) is 2. The summed E-state index contributed by atoms with van der Waals surface area (Å²) in [5.41, 5.74) is 3.52. The highest BCUT2D eigenvalue weighted by Crippen LogP contribution is 2.30. The Kier molecular flexibility index (Phi) is 7.76. The van der Waals surface area contributed by atoms with E-state index < -0.39 is 23.5 Å². The van der Waals surface area contributed by atoms with Gasteiger partial charge in [0, 0.05) is 30.4 Å². The summed E-state index contributed by atoms with van der Waals surface area (Å²) in [5.74, 6) is -0.541. The van der Waals surface area contributed by atoms with E-state index in [1.165, 1.54) is 22.8 Å². The van der Waals surface area contributed by atoms with Crippen LogP contribution in [0.4, 0.5) is 5.69 Å². The molecule has 5 rings (SSSR count). The fourth-order valence-corrected chi connectivity index (χ4v) is 4.99. The van der Waals surface area contributed by atoms with E-state index in [2.05, 4.69) is 10.7 Å². The first-order valence-electron chi connectivity index (χ1n) is 13.1. The number of aromatic nitrogens is 2. The van der Waals surface area contributed by atoms with Crippen molar-refractivity contribution in [3.05, 3.63) is 73.4 Å². The molecule has 2 aromatic carbocycles. The first-order valence-corrected chi connectivity index (χ1v) is 13.5. The number of fused-ring (bicyclic) bond motifs is 1. The molecule has 2 aliphatic rings. The monoisotopic (exact) mass is 564 g/mol. The van der Waals surface area contributed by atoms with E-state index in [1.807, 2.05) is 19.9 Å². The Balaban J connectivity index is 1.32. The quantitative estimate of drug-likeness (QED) is 0.450. The summed E-state index contributed by atoms with van der Waals surface area (Å²) in [5, 5.41) is 13.9. The van der Waals surface area contributed by atoms with Crippen molar-refractivity contribution in [2.24, 2.45) is 5.92 Å². The van der Waals surface area contributed by atoms with Crippen LogP contribution in [0.15, 0.2) is 46.0 Å². The summed E-state index contributed by atoms with van der Waals surface area (Å²) in [7, 11) is 0. The van der Waals surface area contributed by atoms with Crippen LogP contribution in [-0.2, 0) is 16.1 Å². The predicted octanol–water partition coefficient (Wildman–Crippen LogP) is 2.66. The molecule has 12 heteroatoms. The van der Waals surface area contributed by atoms with Crippen molar-refractivity contribution in [1.29, 1.82) is 5.26 Å². The number of morpholine rings is 1. The number of hydrazine groups is 1. The third kappa shape index (κ3) is 5.65. The second-order valence-electron chi connectivity index (χ2n) is 10.4. The Morgan fingerprint density at radius 1 is 1.18 bits per heavy atom. The first kappa shape index (κ1) is 27.6. The lowest BCUT2D eigenvalue weighted by molar-refractivity contribution is -0.134. The van der Waals surface area contributed by atoms with Gasteiger partial charge in [-0.15, -0.1) is 0 Å². The molecule has 40 heavy (non-hydrogen) atoms. The maximum atomic E-state index is 13.3. The molecule has 1 saturated carbocycles. The zero-order valence-electron chi connectivity index (χ0n) is 22.1. The van der Waals surface area contributed by atoms with Crippen molar-refractivity contribution in [2.45, 2.75) is 45.4 Å². The highest BCUT2D eigenvalue weighted by molar-refractivity contribution is 6.32. The first-order chi connectivity index (χ1) is 19.2. The average Bonchev–Trinajstić information content (AvgIpc) is 3.75. The maximum absolute atomic E-state index is 13.3. The molecule has 1 atom stereocenters. The van der Waals surface area contributed by atoms with E-state index in [0.29, 0.717) is 41.2 Å². The number of nitriles is 1. The zero-order chi connectivity index (χ0) is 28.6. The predicted molar refractivity (Wildman–Crippen MR) is 149 cm³/mol. The lowest BCUT2D eigenvalue weighted by atomic mass is 10.1. The molecule has 2 fully saturated rings. The minimum absolute atomic E-state index is 0.0935. The van der Waals surface area contributed by atoms with E-state index >= 15 is 0 Å². The molecule has 3 aromatic rings. The number of carbonyl (C=O) groups is 2. The van der Waals surface area contributed by atoms with E-state index in [9.17, 15) is 19.2 Å². The molecule has 2 heterocycles. The van der Waals surface area contributed by atoms with E-state index in [-0.39, 0.29) is 35.5 Å². The van der Waals surface area contributed by atoms with Crippen LogP contribution in [-0.4, -0.2) is 51.8 Å². The van der Waals surface area contributed by atoms with Gasteiger partial charge in [0.2, 0.25) is 0 Å². The number of rotatable bonds is 7. The third-order valence-electron chi connectivity index (χ3n) is 7.06. The van der Waals surface area contributed by atoms with Crippen molar-refractivity contribution >= 4 is 40.0 Å². The fraction of sp³-hybridized carbons (Fsp3) is 0.393. The summed E-state index contributed by atoms with van der Waals surface area (Å²) in [6, 6.07) is 11.1. The lowest BCUT2D eigenvalue weighted by Gasteiger charge is -2.32. The SMILES string of the molecule is CC(C)n1c(=O)n(CC2CC2)c(=O)c2cc(C(=O)NN3CCO[C@H](C(=O)Nc4ccc(C#N)c(Cl)c4)C3)ccc21. The molecule has 1 aliphatic heterocycles. The third-order valence-corrected chi connectivity index (χ3v) is 7.37. The van der Waals surface area contributed by atoms with Gasteiger partial charge in [0.05, 0.1) is 34.6 Å². The van der Waals surface area contributed by atoms with Crippen LogP contribution in [0.3, 0.4) is 0 Å². The molecule has 11 nitrogen and oxygen atoms in total. The second-order valence-corrected chi connectivity index (χ2v) is 10.8. The molecule has 0 radical (unpaired) electrons. The standard InChI is InChI=1S/C28H29ClN6O5/c1-16(2)35-23-8-6-18(11-21(23)27(38)34(28(35)39)14-17-3-4-17)25(36)32-33-9-10-40-24(15-33)26(37)31-20-7-5-19(13-30)22(29)12-20/h5-8,11-12,16-17,24H,3-4,9-10,14-15H2,1-2H3,(H,31,37)(H,32,36)/t24-/m0/s1. The van der Waals surface area contributed by atoms with Crippen LogP contribution in [0.1, 0.15) is 48.7 Å². The average molecular weight is 565 g/mol. The fourth-order valence-electron chi connectivity index (χ4n) is 4.77. The largest absolute Gasteiger partial charge is 0.366 e. The summed E-state index contributed by atoms with van der Waals surface area (Å²) >= 11 is 6.05. The number of benzene rings is 2. The number of carbonyl (C=O) groups excluding carboxylic acids is 2. The highest BCUT2D eigenvalue weighted by atomic mass is 35.5. The van der Waals surface area contributed by atoms with Gasteiger partial charge in [0.1, 0.15) is 6.07 Å². The van der Waals surface area contributed by atoms with E-state index in [1.54, 1.807) is 27.8 Å². The highest BCUT2D eigenvalue weighted by Gasteiger charge is 2.29. The van der Waals surface area contributed by atoms with Crippen LogP contribution >= 0.6 is 11.6 Å². The van der Waals surface area contributed by atoms with E-state index in [0.717, 1.165) is 12.8 Å². The number of amides is 2. The van der Waals surface area contributed by atoms with Crippen LogP contribution in [0.25, 0.3) is 10.9 Å². The zero-order valence-corrected chi connectivity index (χ0v) is 22.9. The van der Waals surface area contributed by atoms with Gasteiger partial charge < -0.3 is 10.1 Å².